The molecule has 1 atom stereocenters. The summed E-state index contributed by atoms with van der Waals surface area (Å²) in [4.78, 5) is 43.8. The zero-order valence-electron chi connectivity index (χ0n) is 20.9. The van der Waals surface area contributed by atoms with Crippen molar-refractivity contribution < 1.29 is 14.3 Å². The van der Waals surface area contributed by atoms with E-state index >= 15 is 0 Å². The number of carbonyl (C=O) groups excluding carboxylic acids is 2. The van der Waals surface area contributed by atoms with Gasteiger partial charge in [0.2, 0.25) is 5.91 Å². The number of amides is 2. The standard InChI is InChI=1S/C26H35N5O4/c1-26(2,3)35-25(34)29-14-12-28(13-15-29)24(33)21-10-7-11-30(19-21)22-16-23(32)31(27-17-22)18-20-8-5-4-6-9-20/h4-6,8-9,16-17,21H,7,10-15,18-19H2,1-3H3/t21-/m0/s1. The van der Waals surface area contributed by atoms with Crippen LogP contribution >= 0.6 is 0 Å². The average Bonchev–Trinajstić information content (AvgIpc) is 2.84. The van der Waals surface area contributed by atoms with E-state index in [9.17, 15) is 14.4 Å². The Labute approximate surface area is 206 Å². The van der Waals surface area contributed by atoms with Crippen LogP contribution in [0.4, 0.5) is 10.5 Å². The number of anilines is 1. The summed E-state index contributed by atoms with van der Waals surface area (Å²) in [6.07, 6.45) is 3.08. The van der Waals surface area contributed by atoms with Crippen LogP contribution in [0.5, 0.6) is 0 Å². The van der Waals surface area contributed by atoms with Crippen LogP contribution in [-0.2, 0) is 16.1 Å². The zero-order chi connectivity index (χ0) is 25.0. The maximum atomic E-state index is 13.2. The Morgan fingerprint density at radius 2 is 1.71 bits per heavy atom. The van der Waals surface area contributed by atoms with Gasteiger partial charge in [-0.05, 0) is 39.2 Å². The molecule has 0 spiro atoms. The molecule has 1 aromatic heterocycles. The van der Waals surface area contributed by atoms with Gasteiger partial charge in [0.25, 0.3) is 5.56 Å². The molecule has 188 valence electrons. The molecule has 35 heavy (non-hydrogen) atoms. The van der Waals surface area contributed by atoms with Crippen LogP contribution in [0.1, 0.15) is 39.2 Å². The van der Waals surface area contributed by atoms with E-state index in [1.807, 2.05) is 56.0 Å². The van der Waals surface area contributed by atoms with Gasteiger partial charge in [0.1, 0.15) is 5.60 Å². The summed E-state index contributed by atoms with van der Waals surface area (Å²) >= 11 is 0. The first kappa shape index (κ1) is 24.8. The van der Waals surface area contributed by atoms with Gasteiger partial charge in [-0.2, -0.15) is 5.10 Å². The summed E-state index contributed by atoms with van der Waals surface area (Å²) in [5.41, 5.74) is 1.09. The van der Waals surface area contributed by atoms with Crippen LogP contribution in [0, 0.1) is 5.92 Å². The first-order chi connectivity index (χ1) is 16.7. The highest BCUT2D eigenvalue weighted by Gasteiger charge is 2.33. The Bertz CT molecular complexity index is 1090. The molecule has 2 amide bonds. The normalized spacial score (nSPS) is 18.9. The fourth-order valence-corrected chi connectivity index (χ4v) is 4.58. The minimum atomic E-state index is -0.535. The molecule has 4 rings (SSSR count). The lowest BCUT2D eigenvalue weighted by Gasteiger charge is -2.39. The summed E-state index contributed by atoms with van der Waals surface area (Å²) in [6, 6.07) is 11.4. The van der Waals surface area contributed by atoms with E-state index in [2.05, 4.69) is 10.00 Å². The minimum absolute atomic E-state index is 0.115. The van der Waals surface area contributed by atoms with E-state index in [0.29, 0.717) is 39.3 Å². The van der Waals surface area contributed by atoms with Crippen LogP contribution < -0.4 is 10.5 Å². The quantitative estimate of drug-likeness (QED) is 0.667. The lowest BCUT2D eigenvalue weighted by Crippen LogP contribution is -2.54. The summed E-state index contributed by atoms with van der Waals surface area (Å²) in [6.45, 7) is 9.28. The van der Waals surface area contributed by atoms with Crippen molar-refractivity contribution in [2.24, 2.45) is 5.92 Å². The van der Waals surface area contributed by atoms with Crippen molar-refractivity contribution >= 4 is 17.7 Å². The van der Waals surface area contributed by atoms with Crippen molar-refractivity contribution in [2.75, 3.05) is 44.2 Å². The molecule has 0 aliphatic carbocycles. The Morgan fingerprint density at radius 1 is 1.03 bits per heavy atom. The molecule has 3 heterocycles. The molecule has 2 aromatic rings. The minimum Gasteiger partial charge on any atom is -0.444 e. The fourth-order valence-electron chi connectivity index (χ4n) is 4.58. The van der Waals surface area contributed by atoms with Crippen molar-refractivity contribution in [3.05, 3.63) is 58.5 Å². The molecule has 9 heteroatoms. The highest BCUT2D eigenvalue weighted by molar-refractivity contribution is 5.80. The molecule has 2 aliphatic rings. The number of ether oxygens (including phenoxy) is 1. The lowest BCUT2D eigenvalue weighted by molar-refractivity contribution is -0.137. The van der Waals surface area contributed by atoms with Crippen molar-refractivity contribution in [3.8, 4) is 0 Å². The molecule has 0 radical (unpaired) electrons. The third-order valence-corrected chi connectivity index (χ3v) is 6.41. The van der Waals surface area contributed by atoms with E-state index in [4.69, 9.17) is 4.74 Å². The second-order valence-corrected chi connectivity index (χ2v) is 10.3. The van der Waals surface area contributed by atoms with E-state index in [1.54, 1.807) is 17.2 Å². The van der Waals surface area contributed by atoms with Gasteiger partial charge in [0.15, 0.2) is 0 Å². The highest BCUT2D eigenvalue weighted by atomic mass is 16.6. The van der Waals surface area contributed by atoms with Crippen molar-refractivity contribution in [2.45, 2.75) is 45.8 Å². The van der Waals surface area contributed by atoms with Crippen LogP contribution in [0.3, 0.4) is 0 Å². The summed E-state index contributed by atoms with van der Waals surface area (Å²) in [5, 5.41) is 4.38. The molecule has 0 bridgehead atoms. The molecule has 2 aliphatic heterocycles. The SMILES string of the molecule is CC(C)(C)OC(=O)N1CCN(C(=O)[C@H]2CCCN(c3cnn(Cc4ccccc4)c(=O)c3)C2)CC1. The summed E-state index contributed by atoms with van der Waals surface area (Å²) in [7, 11) is 0. The van der Waals surface area contributed by atoms with Crippen LogP contribution in [0.15, 0.2) is 47.4 Å². The third kappa shape index (κ3) is 6.41. The first-order valence-electron chi connectivity index (χ1n) is 12.3. The average molecular weight is 482 g/mol. The summed E-state index contributed by atoms with van der Waals surface area (Å²) < 4.78 is 6.90. The zero-order valence-corrected chi connectivity index (χ0v) is 20.9. The van der Waals surface area contributed by atoms with Gasteiger partial charge in [0.05, 0.1) is 24.3 Å². The molecule has 0 N–H and O–H groups in total. The van der Waals surface area contributed by atoms with Crippen molar-refractivity contribution in [1.29, 1.82) is 0 Å². The molecule has 9 nitrogen and oxygen atoms in total. The predicted molar refractivity (Wildman–Crippen MR) is 133 cm³/mol. The molecule has 2 fully saturated rings. The van der Waals surface area contributed by atoms with Gasteiger partial charge < -0.3 is 19.4 Å². The second kappa shape index (κ2) is 10.5. The number of hydrogen-bond acceptors (Lipinski definition) is 6. The number of hydrogen-bond donors (Lipinski definition) is 0. The number of piperidine rings is 1. The van der Waals surface area contributed by atoms with Gasteiger partial charge in [-0.25, -0.2) is 9.48 Å². The van der Waals surface area contributed by atoms with Gasteiger partial charge in [-0.15, -0.1) is 0 Å². The lowest BCUT2D eigenvalue weighted by atomic mass is 9.96. The number of nitrogens with zero attached hydrogens (tertiary/aromatic N) is 5. The maximum Gasteiger partial charge on any atom is 0.410 e. The van der Waals surface area contributed by atoms with E-state index < -0.39 is 5.60 Å². The molecule has 0 unspecified atom stereocenters. The van der Waals surface area contributed by atoms with Gasteiger partial charge in [-0.1, -0.05) is 30.3 Å². The van der Waals surface area contributed by atoms with Crippen molar-refractivity contribution in [3.63, 3.8) is 0 Å². The smallest absolute Gasteiger partial charge is 0.410 e. The Morgan fingerprint density at radius 3 is 2.37 bits per heavy atom. The maximum absolute atomic E-state index is 13.2. The number of piperazine rings is 1. The molecular formula is C26H35N5O4. The van der Waals surface area contributed by atoms with Gasteiger partial charge in [-0.3, -0.25) is 9.59 Å². The number of benzene rings is 1. The van der Waals surface area contributed by atoms with E-state index in [-0.39, 0.29) is 23.5 Å². The number of rotatable bonds is 4. The highest BCUT2D eigenvalue weighted by Crippen LogP contribution is 2.24. The Kier molecular flexibility index (Phi) is 7.42. The number of carbonyl (C=O) groups is 2. The largest absolute Gasteiger partial charge is 0.444 e. The van der Waals surface area contributed by atoms with E-state index in [1.165, 1.54) is 4.68 Å². The van der Waals surface area contributed by atoms with Crippen LogP contribution in [0.2, 0.25) is 0 Å². The van der Waals surface area contributed by atoms with Gasteiger partial charge >= 0.3 is 6.09 Å². The monoisotopic (exact) mass is 481 g/mol. The third-order valence-electron chi connectivity index (χ3n) is 6.41. The Balaban J connectivity index is 1.33. The molecule has 0 saturated carbocycles. The first-order valence-corrected chi connectivity index (χ1v) is 12.3. The summed E-state index contributed by atoms with van der Waals surface area (Å²) in [5.74, 6) is -0.0208. The van der Waals surface area contributed by atoms with E-state index in [0.717, 1.165) is 30.6 Å². The molecule has 2 saturated heterocycles. The number of aromatic nitrogens is 2. The second-order valence-electron chi connectivity index (χ2n) is 10.3. The topological polar surface area (TPSA) is 88.0 Å². The predicted octanol–water partition coefficient (Wildman–Crippen LogP) is 2.59. The van der Waals surface area contributed by atoms with Crippen LogP contribution in [0.25, 0.3) is 0 Å². The Hall–Kier alpha value is -3.36. The molecular weight excluding hydrogens is 446 g/mol. The molecule has 1 aromatic carbocycles. The fraction of sp³-hybridized carbons (Fsp3) is 0.538. The van der Waals surface area contributed by atoms with Crippen molar-refractivity contribution in [1.82, 2.24) is 19.6 Å². The van der Waals surface area contributed by atoms with Crippen LogP contribution in [-0.4, -0.2) is 76.5 Å². The van der Waals surface area contributed by atoms with Gasteiger partial charge in [0, 0.05) is 45.3 Å².